The lowest BCUT2D eigenvalue weighted by molar-refractivity contribution is 0.0248. The number of β-amino-alcohol motifs (C(OH)–C–C–N with tert-alkyl or cyclic N) is 1. The Morgan fingerprint density at radius 3 is 2.89 bits per heavy atom. The second kappa shape index (κ2) is 5.07. The molecule has 2 rings (SSSR count). The monoisotopic (exact) mass is 254 g/mol. The molecule has 1 fully saturated rings. The van der Waals surface area contributed by atoms with Gasteiger partial charge in [-0.1, -0.05) is 6.92 Å². The van der Waals surface area contributed by atoms with Crippen molar-refractivity contribution in [1.29, 1.82) is 0 Å². The Balaban J connectivity index is 2.00. The Morgan fingerprint density at radius 2 is 2.33 bits per heavy atom. The van der Waals surface area contributed by atoms with Gasteiger partial charge in [0.25, 0.3) is 11.5 Å². The van der Waals surface area contributed by atoms with E-state index in [0.29, 0.717) is 12.3 Å². The summed E-state index contributed by atoms with van der Waals surface area (Å²) in [4.78, 5) is 25.1. The molecule has 0 spiro atoms. The van der Waals surface area contributed by atoms with Crippen LogP contribution in [-0.2, 0) is 0 Å². The number of likely N-dealkylation sites (tertiary alicyclic amines) is 1. The van der Waals surface area contributed by atoms with E-state index in [0.717, 1.165) is 17.7 Å². The Bertz CT molecular complexity index is 491. The predicted molar refractivity (Wildman–Crippen MR) is 64.6 cm³/mol. The van der Waals surface area contributed by atoms with E-state index in [2.05, 4.69) is 0 Å². The number of piperidine rings is 1. The molecule has 0 aromatic carbocycles. The highest BCUT2D eigenvalue weighted by Crippen LogP contribution is 2.16. The van der Waals surface area contributed by atoms with E-state index in [-0.39, 0.29) is 12.5 Å². The molecule has 0 aliphatic carbocycles. The zero-order valence-corrected chi connectivity index (χ0v) is 10.6. The molecule has 1 aliphatic rings. The summed E-state index contributed by atoms with van der Waals surface area (Å²) in [5.74, 6) is 0.278. The summed E-state index contributed by atoms with van der Waals surface area (Å²) in [6.07, 6.45) is 0.433. The minimum absolute atomic E-state index is 0.0939. The topological polar surface area (TPSA) is 75.7 Å². The van der Waals surface area contributed by atoms with Gasteiger partial charge in [0.15, 0.2) is 0 Å². The third kappa shape index (κ3) is 2.70. The van der Waals surface area contributed by atoms with Crippen molar-refractivity contribution in [1.82, 2.24) is 9.64 Å². The van der Waals surface area contributed by atoms with Gasteiger partial charge in [-0.05, 0) is 25.8 Å². The van der Waals surface area contributed by atoms with Crippen LogP contribution in [-0.4, -0.2) is 46.4 Å². The fourth-order valence-electron chi connectivity index (χ4n) is 2.14. The number of aliphatic hydroxyl groups is 1. The van der Waals surface area contributed by atoms with Crippen molar-refractivity contribution in [3.05, 3.63) is 22.2 Å². The van der Waals surface area contributed by atoms with E-state index >= 15 is 0 Å². The average molecular weight is 254 g/mol. The maximum Gasteiger partial charge on any atom is 0.290 e. The summed E-state index contributed by atoms with van der Waals surface area (Å²) >= 11 is 0. The molecule has 1 saturated heterocycles. The number of rotatable bonds is 2. The van der Waals surface area contributed by atoms with Gasteiger partial charge in [0.1, 0.15) is 5.76 Å². The minimum atomic E-state index is -0.441. The molecular weight excluding hydrogens is 236 g/mol. The van der Waals surface area contributed by atoms with Gasteiger partial charge in [-0.25, -0.2) is 0 Å². The van der Waals surface area contributed by atoms with Crippen molar-refractivity contribution < 1.29 is 14.4 Å². The van der Waals surface area contributed by atoms with Crippen LogP contribution in [0.4, 0.5) is 0 Å². The van der Waals surface area contributed by atoms with Crippen LogP contribution in [0.5, 0.6) is 0 Å². The van der Waals surface area contributed by atoms with Crippen LogP contribution in [0.2, 0.25) is 0 Å². The van der Waals surface area contributed by atoms with E-state index in [4.69, 9.17) is 4.52 Å². The molecule has 18 heavy (non-hydrogen) atoms. The zero-order valence-electron chi connectivity index (χ0n) is 10.6. The van der Waals surface area contributed by atoms with Crippen LogP contribution >= 0.6 is 0 Å². The molecule has 1 aromatic heterocycles. The Hall–Kier alpha value is -1.40. The molecule has 6 heteroatoms. The van der Waals surface area contributed by atoms with Crippen LogP contribution in [0.1, 0.15) is 23.9 Å². The van der Waals surface area contributed by atoms with Crippen LogP contribution in [0.3, 0.4) is 0 Å². The largest absolute Gasteiger partial charge is 0.392 e. The summed E-state index contributed by atoms with van der Waals surface area (Å²) in [5, 5.41) is 9.75. The quantitative estimate of drug-likeness (QED) is 0.809. The summed E-state index contributed by atoms with van der Waals surface area (Å²) in [7, 11) is 0. The SMILES string of the molecule is Cc1cc(=O)n(C(=O)CN2CCC(C)C(O)C2)o1. The molecule has 1 N–H and O–H groups in total. The van der Waals surface area contributed by atoms with Gasteiger partial charge < -0.3 is 9.63 Å². The first kappa shape index (κ1) is 13.0. The lowest BCUT2D eigenvalue weighted by atomic mass is 9.96. The maximum absolute atomic E-state index is 11.9. The van der Waals surface area contributed by atoms with Crippen LogP contribution in [0.15, 0.2) is 15.4 Å². The minimum Gasteiger partial charge on any atom is -0.392 e. The van der Waals surface area contributed by atoms with Gasteiger partial charge in [-0.3, -0.25) is 14.5 Å². The van der Waals surface area contributed by atoms with Crippen molar-refractivity contribution in [3.8, 4) is 0 Å². The smallest absolute Gasteiger partial charge is 0.290 e. The van der Waals surface area contributed by atoms with E-state index in [9.17, 15) is 14.7 Å². The van der Waals surface area contributed by atoms with Crippen LogP contribution in [0.25, 0.3) is 0 Å². The van der Waals surface area contributed by atoms with E-state index < -0.39 is 17.6 Å². The number of nitrogens with zero attached hydrogens (tertiary/aromatic N) is 2. The van der Waals surface area contributed by atoms with Crippen molar-refractivity contribution in [2.45, 2.75) is 26.4 Å². The third-order valence-corrected chi connectivity index (χ3v) is 3.35. The second-order valence-corrected chi connectivity index (χ2v) is 4.94. The highest BCUT2D eigenvalue weighted by Gasteiger charge is 2.26. The van der Waals surface area contributed by atoms with Gasteiger partial charge in [0.05, 0.1) is 12.6 Å². The van der Waals surface area contributed by atoms with Gasteiger partial charge in [0.2, 0.25) is 0 Å². The molecule has 1 aliphatic heterocycles. The first-order valence-electron chi connectivity index (χ1n) is 6.11. The van der Waals surface area contributed by atoms with Gasteiger partial charge in [-0.15, -0.1) is 4.74 Å². The third-order valence-electron chi connectivity index (χ3n) is 3.35. The second-order valence-electron chi connectivity index (χ2n) is 4.94. The molecule has 0 amide bonds. The zero-order chi connectivity index (χ0) is 13.3. The lowest BCUT2D eigenvalue weighted by Crippen LogP contribution is -2.46. The summed E-state index contributed by atoms with van der Waals surface area (Å²) in [6.45, 7) is 4.91. The number of hydrogen-bond donors (Lipinski definition) is 1. The van der Waals surface area contributed by atoms with Crippen molar-refractivity contribution in [2.24, 2.45) is 5.92 Å². The lowest BCUT2D eigenvalue weighted by Gasteiger charge is -2.33. The fourth-order valence-corrected chi connectivity index (χ4v) is 2.14. The maximum atomic E-state index is 11.9. The molecule has 2 atom stereocenters. The van der Waals surface area contributed by atoms with Gasteiger partial charge in [0, 0.05) is 12.6 Å². The number of aromatic nitrogens is 1. The Morgan fingerprint density at radius 1 is 1.61 bits per heavy atom. The molecule has 2 heterocycles. The average Bonchev–Trinajstić information content (AvgIpc) is 2.63. The summed E-state index contributed by atoms with van der Waals surface area (Å²) in [6, 6.07) is 1.28. The molecular formula is C12H18N2O4. The van der Waals surface area contributed by atoms with E-state index in [1.165, 1.54) is 6.07 Å². The van der Waals surface area contributed by atoms with E-state index in [1.54, 1.807) is 6.92 Å². The molecule has 0 bridgehead atoms. The van der Waals surface area contributed by atoms with Gasteiger partial charge >= 0.3 is 0 Å². The van der Waals surface area contributed by atoms with Crippen molar-refractivity contribution in [3.63, 3.8) is 0 Å². The van der Waals surface area contributed by atoms with Crippen molar-refractivity contribution in [2.75, 3.05) is 19.6 Å². The molecule has 6 nitrogen and oxygen atoms in total. The van der Waals surface area contributed by atoms with Crippen LogP contribution in [0, 0.1) is 12.8 Å². The Labute approximate surface area is 105 Å². The number of carbonyl (C=O) groups excluding carboxylic acids is 1. The number of aliphatic hydroxyl groups excluding tert-OH is 1. The summed E-state index contributed by atoms with van der Waals surface area (Å²) < 4.78 is 5.81. The van der Waals surface area contributed by atoms with Crippen LogP contribution < -0.4 is 5.56 Å². The molecule has 0 radical (unpaired) electrons. The Kier molecular flexibility index (Phi) is 3.68. The molecule has 1 aromatic rings. The number of carbonyl (C=O) groups is 1. The summed E-state index contributed by atoms with van der Waals surface area (Å²) in [5.41, 5.74) is -0.441. The van der Waals surface area contributed by atoms with Crippen molar-refractivity contribution >= 4 is 5.91 Å². The number of aryl methyl sites for hydroxylation is 1. The molecule has 0 saturated carbocycles. The van der Waals surface area contributed by atoms with E-state index in [1.807, 2.05) is 11.8 Å². The van der Waals surface area contributed by atoms with Gasteiger partial charge in [-0.2, -0.15) is 0 Å². The first-order valence-corrected chi connectivity index (χ1v) is 6.11. The fraction of sp³-hybridized carbons (Fsp3) is 0.667. The molecule has 2 unspecified atom stereocenters. The standard InChI is InChI=1S/C12H18N2O4/c1-8-3-4-13(6-10(8)15)7-12(17)14-11(16)5-9(2)18-14/h5,8,10,15H,3-4,6-7H2,1-2H3. The normalized spacial score (nSPS) is 25.3. The number of hydrogen-bond acceptors (Lipinski definition) is 5. The highest BCUT2D eigenvalue weighted by molar-refractivity contribution is 5.79. The predicted octanol–water partition coefficient (Wildman–Crippen LogP) is 0.0926. The molecule has 100 valence electrons. The first-order chi connectivity index (χ1) is 8.47. The highest BCUT2D eigenvalue weighted by atomic mass is 16.5.